The van der Waals surface area contributed by atoms with Crippen LogP contribution in [0, 0.1) is 0 Å². The molecule has 3 heterocycles. The van der Waals surface area contributed by atoms with Crippen LogP contribution in [0.5, 0.6) is 17.2 Å². The lowest BCUT2D eigenvalue weighted by molar-refractivity contribution is 0.0971. The Morgan fingerprint density at radius 3 is 2.39 bits per heavy atom. The van der Waals surface area contributed by atoms with Gasteiger partial charge >= 0.3 is 0 Å². The van der Waals surface area contributed by atoms with Crippen LogP contribution in [0.4, 0.5) is 5.13 Å². The van der Waals surface area contributed by atoms with Crippen LogP contribution >= 0.6 is 27.3 Å². The number of nitrogens with zero attached hydrogens (tertiary/aromatic N) is 2. The molecule has 0 N–H and O–H groups in total. The van der Waals surface area contributed by atoms with Gasteiger partial charge in [-0.25, -0.2) is 4.98 Å². The minimum Gasteiger partial charge on any atom is -0.493 e. The van der Waals surface area contributed by atoms with E-state index in [0.29, 0.717) is 38.9 Å². The summed E-state index contributed by atoms with van der Waals surface area (Å²) in [5.74, 6) is 0.757. The first-order valence-corrected chi connectivity index (χ1v) is 11.4. The number of fused-ring (bicyclic) bond motifs is 2. The average molecular weight is 529 g/mol. The number of hydrogen-bond donors (Lipinski definition) is 0. The van der Waals surface area contributed by atoms with Crippen molar-refractivity contribution in [2.75, 3.05) is 26.2 Å². The summed E-state index contributed by atoms with van der Waals surface area (Å²) in [7, 11) is 4.52. The number of ether oxygens (including phenoxy) is 3. The molecule has 1 aliphatic heterocycles. The molecule has 1 amide bonds. The summed E-state index contributed by atoms with van der Waals surface area (Å²) >= 11 is 4.69. The van der Waals surface area contributed by atoms with Gasteiger partial charge in [-0.15, -0.1) is 11.3 Å². The summed E-state index contributed by atoms with van der Waals surface area (Å²) in [4.78, 5) is 33.0. The number of amides is 1. The highest BCUT2D eigenvalue weighted by Crippen LogP contribution is 2.46. The van der Waals surface area contributed by atoms with E-state index in [1.807, 2.05) is 0 Å². The van der Waals surface area contributed by atoms with Crippen molar-refractivity contribution in [1.29, 1.82) is 0 Å². The maximum Gasteiger partial charge on any atom is 0.297 e. The van der Waals surface area contributed by atoms with Gasteiger partial charge in [0.25, 0.3) is 5.91 Å². The molecule has 4 aromatic rings. The van der Waals surface area contributed by atoms with Gasteiger partial charge < -0.3 is 18.6 Å². The van der Waals surface area contributed by atoms with Crippen LogP contribution in [0.1, 0.15) is 27.7 Å². The topological polar surface area (TPSA) is 91.1 Å². The van der Waals surface area contributed by atoms with Crippen LogP contribution in [0.2, 0.25) is 0 Å². The second kappa shape index (κ2) is 8.20. The van der Waals surface area contributed by atoms with Gasteiger partial charge in [-0.2, -0.15) is 0 Å². The number of carbonyl (C=O) groups is 1. The van der Waals surface area contributed by atoms with Gasteiger partial charge in [0.2, 0.25) is 11.5 Å². The van der Waals surface area contributed by atoms with E-state index in [1.54, 1.807) is 41.9 Å². The highest BCUT2D eigenvalue weighted by Gasteiger charge is 2.45. The molecule has 168 valence electrons. The maximum absolute atomic E-state index is 13.7. The molecular formula is C23H17BrN2O6S. The van der Waals surface area contributed by atoms with E-state index in [0.717, 1.165) is 4.47 Å². The zero-order valence-electron chi connectivity index (χ0n) is 17.7. The summed E-state index contributed by atoms with van der Waals surface area (Å²) in [5.41, 5.74) is 0.863. The first-order chi connectivity index (χ1) is 16.0. The van der Waals surface area contributed by atoms with Crippen LogP contribution < -0.4 is 24.5 Å². The molecule has 0 saturated heterocycles. The number of hydrogen-bond acceptors (Lipinski definition) is 8. The van der Waals surface area contributed by atoms with Crippen LogP contribution in [0.3, 0.4) is 0 Å². The fourth-order valence-corrected chi connectivity index (χ4v) is 5.08. The predicted molar refractivity (Wildman–Crippen MR) is 127 cm³/mol. The van der Waals surface area contributed by atoms with Crippen molar-refractivity contribution >= 4 is 49.3 Å². The van der Waals surface area contributed by atoms with Crippen molar-refractivity contribution in [3.63, 3.8) is 0 Å². The van der Waals surface area contributed by atoms with E-state index < -0.39 is 11.9 Å². The minimum atomic E-state index is -0.799. The number of methoxy groups -OCH3 is 3. The monoisotopic (exact) mass is 528 g/mol. The molecule has 0 aliphatic carbocycles. The Morgan fingerprint density at radius 2 is 1.79 bits per heavy atom. The largest absolute Gasteiger partial charge is 0.493 e. The van der Waals surface area contributed by atoms with Crippen LogP contribution in [-0.4, -0.2) is 32.2 Å². The molecule has 0 saturated carbocycles. The molecule has 33 heavy (non-hydrogen) atoms. The Bertz CT molecular complexity index is 1420. The lowest BCUT2D eigenvalue weighted by Gasteiger charge is -2.24. The fourth-order valence-electron chi connectivity index (χ4n) is 4.05. The highest BCUT2D eigenvalue weighted by atomic mass is 79.9. The number of thiazole rings is 1. The Labute approximate surface area is 200 Å². The van der Waals surface area contributed by atoms with E-state index in [-0.39, 0.29) is 16.8 Å². The fraction of sp³-hybridized carbons (Fsp3) is 0.174. The summed E-state index contributed by atoms with van der Waals surface area (Å²) in [6.45, 7) is 0. The second-order valence-corrected chi connectivity index (χ2v) is 8.95. The summed E-state index contributed by atoms with van der Waals surface area (Å²) < 4.78 is 23.1. The smallest absolute Gasteiger partial charge is 0.297 e. The van der Waals surface area contributed by atoms with E-state index in [2.05, 4.69) is 20.9 Å². The van der Waals surface area contributed by atoms with E-state index in [9.17, 15) is 9.59 Å². The Morgan fingerprint density at radius 1 is 1.06 bits per heavy atom. The van der Waals surface area contributed by atoms with Crippen molar-refractivity contribution in [3.05, 3.63) is 73.5 Å². The van der Waals surface area contributed by atoms with Crippen LogP contribution in [-0.2, 0) is 0 Å². The summed E-state index contributed by atoms with van der Waals surface area (Å²) in [6.07, 6.45) is 1.60. The lowest BCUT2D eigenvalue weighted by atomic mass is 9.98. The van der Waals surface area contributed by atoms with Gasteiger partial charge in [0.15, 0.2) is 22.1 Å². The van der Waals surface area contributed by atoms with Gasteiger partial charge in [0.1, 0.15) is 5.58 Å². The third kappa shape index (κ3) is 3.28. The maximum atomic E-state index is 13.7. The minimum absolute atomic E-state index is 0.0104. The van der Waals surface area contributed by atoms with Crippen LogP contribution in [0.25, 0.3) is 11.0 Å². The Balaban J connectivity index is 1.84. The van der Waals surface area contributed by atoms with Crippen molar-refractivity contribution < 1.29 is 23.4 Å². The quantitative estimate of drug-likeness (QED) is 0.367. The number of benzene rings is 2. The summed E-state index contributed by atoms with van der Waals surface area (Å²) in [6, 6.07) is 7.75. The molecule has 2 aromatic heterocycles. The molecule has 0 unspecified atom stereocenters. The molecule has 8 nitrogen and oxygen atoms in total. The lowest BCUT2D eigenvalue weighted by Crippen LogP contribution is -2.29. The molecule has 2 aromatic carbocycles. The molecule has 0 spiro atoms. The van der Waals surface area contributed by atoms with E-state index in [4.69, 9.17) is 18.6 Å². The van der Waals surface area contributed by atoms with Gasteiger partial charge in [0.05, 0.1) is 38.3 Å². The predicted octanol–water partition coefficient (Wildman–Crippen LogP) is 4.79. The normalized spacial score (nSPS) is 15.1. The first kappa shape index (κ1) is 21.5. The Hall–Kier alpha value is -3.37. The van der Waals surface area contributed by atoms with Gasteiger partial charge in [-0.3, -0.25) is 14.5 Å². The molecule has 0 fully saturated rings. The molecule has 1 aliphatic rings. The zero-order valence-corrected chi connectivity index (χ0v) is 20.2. The molecule has 0 bridgehead atoms. The molecular weight excluding hydrogens is 512 g/mol. The third-order valence-corrected chi connectivity index (χ3v) is 6.72. The molecule has 10 heteroatoms. The number of aromatic nitrogens is 1. The summed E-state index contributed by atoms with van der Waals surface area (Å²) in [5, 5.41) is 2.57. The number of anilines is 1. The van der Waals surface area contributed by atoms with Crippen LogP contribution in [0.15, 0.2) is 55.6 Å². The SMILES string of the molecule is COc1cc([C@@H]2c3c(oc4ccc(Br)cc4c3=O)C(=O)N2c2nccs2)cc(OC)c1OC. The molecule has 5 rings (SSSR count). The standard InChI is InChI=1S/C23H17BrN2O6S/c1-29-15-8-11(9-16(30-2)20(15)31-3)18-17-19(27)13-10-12(24)4-5-14(13)32-21(17)22(28)26(18)23-25-6-7-33-23/h4-10,18H,1-3H3/t18-/m1/s1. The van der Waals surface area contributed by atoms with E-state index >= 15 is 0 Å². The number of carbonyl (C=O) groups excluding carboxylic acids is 1. The average Bonchev–Trinajstić information content (AvgIpc) is 3.45. The zero-order chi connectivity index (χ0) is 23.3. The highest BCUT2D eigenvalue weighted by molar-refractivity contribution is 9.10. The number of halogens is 1. The number of rotatable bonds is 5. The Kier molecular flexibility index (Phi) is 5.34. The van der Waals surface area contributed by atoms with Crippen molar-refractivity contribution in [1.82, 2.24) is 4.98 Å². The van der Waals surface area contributed by atoms with Gasteiger partial charge in [0, 0.05) is 16.0 Å². The molecule has 1 atom stereocenters. The third-order valence-electron chi connectivity index (χ3n) is 5.46. The van der Waals surface area contributed by atoms with Crippen molar-refractivity contribution in [2.24, 2.45) is 0 Å². The molecule has 0 radical (unpaired) electrons. The van der Waals surface area contributed by atoms with E-state index in [1.165, 1.54) is 37.6 Å². The van der Waals surface area contributed by atoms with Gasteiger partial charge in [-0.1, -0.05) is 15.9 Å². The van der Waals surface area contributed by atoms with Gasteiger partial charge in [-0.05, 0) is 35.9 Å². The van der Waals surface area contributed by atoms with Crippen molar-refractivity contribution in [2.45, 2.75) is 6.04 Å². The van der Waals surface area contributed by atoms with Crippen molar-refractivity contribution in [3.8, 4) is 17.2 Å². The second-order valence-electron chi connectivity index (χ2n) is 7.17. The first-order valence-electron chi connectivity index (χ1n) is 9.77.